The van der Waals surface area contributed by atoms with Crippen molar-refractivity contribution in [3.05, 3.63) is 21.6 Å². The third kappa shape index (κ3) is 3.54. The Hall–Kier alpha value is -1.03. The van der Waals surface area contributed by atoms with E-state index in [0.717, 1.165) is 12.5 Å². The van der Waals surface area contributed by atoms with Crippen LogP contribution in [0.15, 0.2) is 11.0 Å². The molecule has 1 N–H and O–H groups in total. The second-order valence-electron chi connectivity index (χ2n) is 6.23. The zero-order valence-corrected chi connectivity index (χ0v) is 13.3. The summed E-state index contributed by atoms with van der Waals surface area (Å²) in [7, 11) is 0. The van der Waals surface area contributed by atoms with Crippen LogP contribution >= 0.6 is 11.6 Å². The van der Waals surface area contributed by atoms with E-state index in [1.54, 1.807) is 6.20 Å². The van der Waals surface area contributed by atoms with Gasteiger partial charge in [-0.05, 0) is 38.5 Å². The van der Waals surface area contributed by atoms with Crippen LogP contribution < -0.4 is 10.9 Å². The number of hydrogen-bond donors (Lipinski definition) is 1. The predicted molar refractivity (Wildman–Crippen MR) is 83.5 cm³/mol. The number of rotatable bonds is 4. The molecule has 1 aromatic heterocycles. The van der Waals surface area contributed by atoms with Crippen LogP contribution in [0.2, 0.25) is 5.02 Å². The molecule has 0 radical (unpaired) electrons. The van der Waals surface area contributed by atoms with Crippen LogP contribution in [0, 0.1) is 11.8 Å². The summed E-state index contributed by atoms with van der Waals surface area (Å²) in [4.78, 5) is 12.1. The summed E-state index contributed by atoms with van der Waals surface area (Å²) in [5.41, 5.74) is 0.440. The minimum Gasteiger partial charge on any atom is -0.382 e. The molecule has 0 spiro atoms. The lowest BCUT2D eigenvalue weighted by atomic mass is 9.82. The Kier molecular flexibility index (Phi) is 5.08. The monoisotopic (exact) mass is 297 g/mol. The fourth-order valence-electron chi connectivity index (χ4n) is 2.94. The van der Waals surface area contributed by atoms with Crippen molar-refractivity contribution in [2.24, 2.45) is 11.8 Å². The van der Waals surface area contributed by atoms with Gasteiger partial charge in [-0.2, -0.15) is 5.10 Å². The van der Waals surface area contributed by atoms with Gasteiger partial charge in [-0.1, -0.05) is 31.4 Å². The topological polar surface area (TPSA) is 46.9 Å². The molecule has 1 aromatic rings. The molecule has 1 aliphatic carbocycles. The highest BCUT2D eigenvalue weighted by Crippen LogP contribution is 2.29. The Bertz CT molecular complexity index is 512. The fourth-order valence-corrected chi connectivity index (χ4v) is 3.14. The predicted octanol–water partition coefficient (Wildman–Crippen LogP) is 3.72. The maximum absolute atomic E-state index is 12.1. The molecule has 4 nitrogen and oxygen atoms in total. The minimum atomic E-state index is -0.219. The molecular weight excluding hydrogens is 274 g/mol. The van der Waals surface area contributed by atoms with Crippen molar-refractivity contribution < 1.29 is 0 Å². The van der Waals surface area contributed by atoms with E-state index in [9.17, 15) is 4.79 Å². The summed E-state index contributed by atoms with van der Waals surface area (Å²) in [6.45, 7) is 7.02. The zero-order valence-electron chi connectivity index (χ0n) is 12.5. The molecule has 2 unspecified atom stereocenters. The molecule has 0 amide bonds. The summed E-state index contributed by atoms with van der Waals surface area (Å²) in [5, 5.41) is 7.72. The van der Waals surface area contributed by atoms with Gasteiger partial charge in [0.05, 0.1) is 17.9 Å². The first-order valence-corrected chi connectivity index (χ1v) is 7.88. The van der Waals surface area contributed by atoms with E-state index in [4.69, 9.17) is 11.6 Å². The summed E-state index contributed by atoms with van der Waals surface area (Å²) in [6.07, 6.45) is 6.81. The van der Waals surface area contributed by atoms with E-state index in [2.05, 4.69) is 17.3 Å². The fraction of sp³-hybridized carbons (Fsp3) is 0.733. The summed E-state index contributed by atoms with van der Waals surface area (Å²) < 4.78 is 1.41. The van der Waals surface area contributed by atoms with Gasteiger partial charge in [0.25, 0.3) is 5.56 Å². The molecule has 1 saturated carbocycles. The largest absolute Gasteiger partial charge is 0.382 e. The normalized spacial score (nSPS) is 23.1. The van der Waals surface area contributed by atoms with E-state index in [-0.39, 0.29) is 16.6 Å². The Balaban J connectivity index is 2.03. The maximum atomic E-state index is 12.1. The van der Waals surface area contributed by atoms with Crippen molar-refractivity contribution in [1.29, 1.82) is 0 Å². The quantitative estimate of drug-likeness (QED) is 0.921. The molecule has 1 aliphatic rings. The average Bonchev–Trinajstić information content (AvgIpc) is 2.40. The molecule has 20 heavy (non-hydrogen) atoms. The molecule has 1 fully saturated rings. The van der Waals surface area contributed by atoms with Gasteiger partial charge in [0.1, 0.15) is 5.02 Å². The minimum absolute atomic E-state index is 0.0215. The van der Waals surface area contributed by atoms with E-state index < -0.39 is 0 Å². The lowest BCUT2D eigenvalue weighted by Gasteiger charge is -2.27. The maximum Gasteiger partial charge on any atom is 0.287 e. The van der Waals surface area contributed by atoms with Crippen LogP contribution in [0.25, 0.3) is 0 Å². The van der Waals surface area contributed by atoms with Gasteiger partial charge in [0.15, 0.2) is 0 Å². The van der Waals surface area contributed by atoms with E-state index in [0.29, 0.717) is 11.6 Å². The van der Waals surface area contributed by atoms with E-state index >= 15 is 0 Å². The lowest BCUT2D eigenvalue weighted by molar-refractivity contribution is 0.293. The number of hydrogen-bond acceptors (Lipinski definition) is 3. The smallest absolute Gasteiger partial charge is 0.287 e. The third-order valence-electron chi connectivity index (χ3n) is 4.06. The molecule has 1 heterocycles. The summed E-state index contributed by atoms with van der Waals surface area (Å²) in [5.74, 6) is 1.47. The first-order valence-electron chi connectivity index (χ1n) is 7.50. The Morgan fingerprint density at radius 3 is 2.90 bits per heavy atom. The molecule has 0 saturated heterocycles. The highest BCUT2D eigenvalue weighted by atomic mass is 35.5. The molecule has 2 rings (SSSR count). The summed E-state index contributed by atoms with van der Waals surface area (Å²) >= 11 is 6.15. The first-order chi connectivity index (χ1) is 9.49. The molecule has 0 aromatic carbocycles. The van der Waals surface area contributed by atoms with Crippen molar-refractivity contribution in [1.82, 2.24) is 9.78 Å². The lowest BCUT2D eigenvalue weighted by Crippen LogP contribution is -2.27. The van der Waals surface area contributed by atoms with Gasteiger partial charge in [-0.25, -0.2) is 4.68 Å². The van der Waals surface area contributed by atoms with Gasteiger partial charge in [-0.3, -0.25) is 4.79 Å². The van der Waals surface area contributed by atoms with Gasteiger partial charge >= 0.3 is 0 Å². The van der Waals surface area contributed by atoms with E-state index in [1.807, 2.05) is 13.8 Å². The van der Waals surface area contributed by atoms with Crippen molar-refractivity contribution >= 4 is 17.3 Å². The first kappa shape index (κ1) is 15.4. The van der Waals surface area contributed by atoms with Crippen molar-refractivity contribution in [3.63, 3.8) is 0 Å². The number of anilines is 1. The molecule has 2 atom stereocenters. The van der Waals surface area contributed by atoms with Crippen molar-refractivity contribution in [2.75, 3.05) is 11.9 Å². The van der Waals surface area contributed by atoms with Crippen molar-refractivity contribution in [2.45, 2.75) is 52.5 Å². The Morgan fingerprint density at radius 1 is 1.50 bits per heavy atom. The van der Waals surface area contributed by atoms with Crippen LogP contribution in [-0.4, -0.2) is 16.3 Å². The van der Waals surface area contributed by atoms with Crippen LogP contribution in [0.3, 0.4) is 0 Å². The van der Waals surface area contributed by atoms with Crippen LogP contribution in [0.5, 0.6) is 0 Å². The second-order valence-corrected chi connectivity index (χ2v) is 6.61. The van der Waals surface area contributed by atoms with Crippen LogP contribution in [0.1, 0.15) is 52.5 Å². The number of nitrogens with zero attached hydrogens (tertiary/aromatic N) is 2. The average molecular weight is 298 g/mol. The number of nitrogens with one attached hydrogen (secondary N) is 1. The second kappa shape index (κ2) is 6.61. The SMILES string of the molecule is CC1CCCC(CNc2cnn(C(C)C)c(=O)c2Cl)C1. The van der Waals surface area contributed by atoms with Gasteiger partial charge in [0.2, 0.25) is 0 Å². The molecular formula is C15H24ClN3O. The van der Waals surface area contributed by atoms with Crippen molar-refractivity contribution in [3.8, 4) is 0 Å². The highest BCUT2D eigenvalue weighted by Gasteiger charge is 2.19. The zero-order chi connectivity index (χ0) is 14.7. The third-order valence-corrected chi connectivity index (χ3v) is 4.42. The van der Waals surface area contributed by atoms with Crippen LogP contribution in [-0.2, 0) is 0 Å². The molecule has 112 valence electrons. The standard InChI is InChI=1S/C15H24ClN3O/c1-10(2)19-15(20)14(16)13(9-18-19)17-8-12-6-4-5-11(3)7-12/h9-12,17H,4-8H2,1-3H3. The number of aromatic nitrogens is 2. The molecule has 0 aliphatic heterocycles. The summed E-state index contributed by atoms with van der Waals surface area (Å²) in [6, 6.07) is 0.0215. The molecule has 0 bridgehead atoms. The Morgan fingerprint density at radius 2 is 2.25 bits per heavy atom. The highest BCUT2D eigenvalue weighted by molar-refractivity contribution is 6.32. The van der Waals surface area contributed by atoms with Gasteiger partial charge in [-0.15, -0.1) is 0 Å². The van der Waals surface area contributed by atoms with Crippen LogP contribution in [0.4, 0.5) is 5.69 Å². The van der Waals surface area contributed by atoms with Gasteiger partial charge < -0.3 is 5.32 Å². The molecule has 5 heteroatoms. The van der Waals surface area contributed by atoms with E-state index in [1.165, 1.54) is 30.4 Å². The van der Waals surface area contributed by atoms with Gasteiger partial charge in [0, 0.05) is 6.54 Å². The Labute approximate surface area is 125 Å². The number of halogens is 1.